The zero-order valence-electron chi connectivity index (χ0n) is 11.0. The molecule has 0 aliphatic rings. The van der Waals surface area contributed by atoms with Crippen LogP contribution in [0.5, 0.6) is 0 Å². The van der Waals surface area contributed by atoms with Gasteiger partial charge >= 0.3 is 0 Å². The Kier molecular flexibility index (Phi) is 16.2. The van der Waals surface area contributed by atoms with E-state index in [-0.39, 0.29) is 0 Å². The molecule has 0 nitrogen and oxygen atoms in total. The Morgan fingerprint density at radius 3 is 1.29 bits per heavy atom. The molecule has 0 aromatic heterocycles. The second-order valence-electron chi connectivity index (χ2n) is 4.79. The van der Waals surface area contributed by atoms with Gasteiger partial charge in [0, 0.05) is 0 Å². The largest absolute Gasteiger partial charge is 0.237 e. The Labute approximate surface area is 124 Å². The minimum Gasteiger partial charge on any atom is -0.179 e. The molecule has 0 aromatic rings. The molecule has 104 valence electrons. The summed E-state index contributed by atoms with van der Waals surface area (Å²) >= 11 is 15.8. The maximum Gasteiger partial charge on any atom is 0.237 e. The van der Waals surface area contributed by atoms with Gasteiger partial charge in [0.1, 0.15) is 0 Å². The summed E-state index contributed by atoms with van der Waals surface area (Å²) in [4.78, 5) is 0. The summed E-state index contributed by atoms with van der Waals surface area (Å²) < 4.78 is 0. The zero-order valence-corrected chi connectivity index (χ0v) is 14.5. The first-order chi connectivity index (χ1) is 8.27. The monoisotopic (exact) mass is 314 g/mol. The minimum atomic E-state index is -1.32. The molecule has 0 radical (unpaired) electrons. The van der Waals surface area contributed by atoms with Crippen molar-refractivity contribution in [3.05, 3.63) is 0 Å². The summed E-state index contributed by atoms with van der Waals surface area (Å²) in [6.07, 6.45) is 15.1. The van der Waals surface area contributed by atoms with Crippen LogP contribution in [0.1, 0.15) is 70.6 Å². The van der Waals surface area contributed by atoms with Crippen molar-refractivity contribution in [3.8, 4) is 0 Å². The Morgan fingerprint density at radius 1 is 0.588 bits per heavy atom. The third-order valence-electron chi connectivity index (χ3n) is 3.08. The first-order valence-corrected chi connectivity index (χ1v) is 12.1. The van der Waals surface area contributed by atoms with Crippen molar-refractivity contribution in [3.63, 3.8) is 0 Å². The van der Waals surface area contributed by atoms with Crippen LogP contribution in [0.4, 0.5) is 0 Å². The topological polar surface area (TPSA) is 0 Å². The molecule has 0 rings (SSSR count). The van der Waals surface area contributed by atoms with Crippen molar-refractivity contribution < 1.29 is 0 Å². The number of thiol groups is 1. The molecule has 0 aliphatic carbocycles. The molecule has 0 heterocycles. The van der Waals surface area contributed by atoms with E-state index in [0.29, 0.717) is 0 Å². The maximum absolute atomic E-state index is 5.81. The molecule has 0 atom stereocenters. The third kappa shape index (κ3) is 17.1. The molecular weight excluding hydrogens is 287 g/mol. The maximum atomic E-state index is 5.81. The van der Waals surface area contributed by atoms with E-state index in [1.54, 1.807) is 0 Å². The van der Waals surface area contributed by atoms with Gasteiger partial charge in [-0.25, -0.2) is 0 Å². The lowest BCUT2D eigenvalue weighted by molar-refractivity contribution is 0.555. The van der Waals surface area contributed by atoms with Gasteiger partial charge in [-0.1, -0.05) is 64.2 Å². The molecule has 0 spiro atoms. The van der Waals surface area contributed by atoms with Crippen LogP contribution in [0.15, 0.2) is 0 Å². The standard InChI is InChI=1S/C13H28Cl2SSi/c14-17(15)13-11-9-7-5-3-1-2-4-6-8-10-12-16/h16-17H,1-13H2. The van der Waals surface area contributed by atoms with Gasteiger partial charge in [0.2, 0.25) is 7.42 Å². The molecule has 0 fully saturated rings. The van der Waals surface area contributed by atoms with Crippen molar-refractivity contribution in [1.82, 2.24) is 0 Å². The van der Waals surface area contributed by atoms with Crippen LogP contribution in [0.3, 0.4) is 0 Å². The van der Waals surface area contributed by atoms with E-state index in [1.807, 2.05) is 0 Å². The molecule has 0 bridgehead atoms. The third-order valence-corrected chi connectivity index (χ3v) is 5.55. The van der Waals surface area contributed by atoms with Crippen molar-refractivity contribution in [2.24, 2.45) is 0 Å². The van der Waals surface area contributed by atoms with Crippen LogP contribution in [-0.2, 0) is 0 Å². The summed E-state index contributed by atoms with van der Waals surface area (Å²) in [5.41, 5.74) is 0. The lowest BCUT2D eigenvalue weighted by atomic mass is 10.1. The summed E-state index contributed by atoms with van der Waals surface area (Å²) in [6, 6.07) is 1.09. The van der Waals surface area contributed by atoms with Gasteiger partial charge < -0.3 is 0 Å². The van der Waals surface area contributed by atoms with Crippen LogP contribution in [0.2, 0.25) is 6.04 Å². The summed E-state index contributed by atoms with van der Waals surface area (Å²) in [5, 5.41) is 0. The molecule has 17 heavy (non-hydrogen) atoms. The van der Waals surface area contributed by atoms with Crippen LogP contribution < -0.4 is 0 Å². The molecule has 0 saturated carbocycles. The molecule has 0 aliphatic heterocycles. The van der Waals surface area contributed by atoms with Crippen molar-refractivity contribution in [2.45, 2.75) is 76.7 Å². The van der Waals surface area contributed by atoms with E-state index in [9.17, 15) is 0 Å². The molecule has 0 aromatic carbocycles. The molecule has 0 unspecified atom stereocenters. The Hall–Kier alpha value is 1.15. The van der Waals surface area contributed by atoms with Gasteiger partial charge in [-0.05, 0) is 18.2 Å². The van der Waals surface area contributed by atoms with Crippen LogP contribution >= 0.6 is 34.8 Å². The fraction of sp³-hybridized carbons (Fsp3) is 1.00. The van der Waals surface area contributed by atoms with E-state index < -0.39 is 7.42 Å². The van der Waals surface area contributed by atoms with Gasteiger partial charge in [-0.3, -0.25) is 0 Å². The normalized spacial score (nSPS) is 11.3. The van der Waals surface area contributed by atoms with Crippen LogP contribution in [0.25, 0.3) is 0 Å². The van der Waals surface area contributed by atoms with Gasteiger partial charge in [0.15, 0.2) is 0 Å². The molecule has 0 N–H and O–H groups in total. The first-order valence-electron chi connectivity index (χ1n) is 7.16. The molecular formula is C13H28Cl2SSi. The van der Waals surface area contributed by atoms with Crippen LogP contribution in [0, 0.1) is 0 Å². The highest BCUT2D eigenvalue weighted by molar-refractivity contribution is 7.80. The van der Waals surface area contributed by atoms with E-state index in [1.165, 1.54) is 70.6 Å². The summed E-state index contributed by atoms with van der Waals surface area (Å²) in [6.45, 7) is 0. The summed E-state index contributed by atoms with van der Waals surface area (Å²) in [5.74, 6) is 1.05. The number of hydrogen-bond donors (Lipinski definition) is 1. The lowest BCUT2D eigenvalue weighted by Gasteiger charge is -2.02. The molecule has 0 amide bonds. The highest BCUT2D eigenvalue weighted by Gasteiger charge is 2.00. The summed E-state index contributed by atoms with van der Waals surface area (Å²) in [7, 11) is -1.32. The van der Waals surface area contributed by atoms with Gasteiger partial charge in [-0.2, -0.15) is 34.8 Å². The van der Waals surface area contributed by atoms with E-state index in [2.05, 4.69) is 12.6 Å². The lowest BCUT2D eigenvalue weighted by Crippen LogP contribution is -1.91. The van der Waals surface area contributed by atoms with Crippen molar-refractivity contribution in [1.29, 1.82) is 0 Å². The number of hydrogen-bond acceptors (Lipinski definition) is 1. The fourth-order valence-corrected chi connectivity index (χ4v) is 3.75. The predicted octanol–water partition coefficient (Wildman–Crippen LogP) is 5.91. The van der Waals surface area contributed by atoms with Crippen LogP contribution in [-0.4, -0.2) is 13.2 Å². The van der Waals surface area contributed by atoms with Gasteiger partial charge in [0.25, 0.3) is 0 Å². The Balaban J connectivity index is 2.89. The average molecular weight is 315 g/mol. The van der Waals surface area contributed by atoms with E-state index in [4.69, 9.17) is 22.2 Å². The quantitative estimate of drug-likeness (QED) is 0.186. The number of unbranched alkanes of at least 4 members (excludes halogenated alkanes) is 10. The Morgan fingerprint density at radius 2 is 0.941 bits per heavy atom. The van der Waals surface area contributed by atoms with Gasteiger partial charge in [0.05, 0.1) is 0 Å². The second-order valence-corrected chi connectivity index (χ2v) is 10.4. The molecule has 0 saturated heterocycles. The van der Waals surface area contributed by atoms with Crippen molar-refractivity contribution >= 4 is 42.2 Å². The van der Waals surface area contributed by atoms with Gasteiger partial charge in [-0.15, -0.1) is 0 Å². The minimum absolute atomic E-state index is 1.05. The Bertz CT molecular complexity index is 145. The fourth-order valence-electron chi connectivity index (χ4n) is 2.00. The predicted molar refractivity (Wildman–Crippen MR) is 88.3 cm³/mol. The smallest absolute Gasteiger partial charge is 0.179 e. The highest BCUT2D eigenvalue weighted by Crippen LogP contribution is 2.14. The SMILES string of the molecule is SCCCCCCCCCCCCC[SiH](Cl)Cl. The number of halogens is 2. The van der Waals surface area contributed by atoms with E-state index in [0.717, 1.165) is 11.8 Å². The second kappa shape index (κ2) is 15.2. The number of rotatable bonds is 13. The van der Waals surface area contributed by atoms with Crippen molar-refractivity contribution in [2.75, 3.05) is 5.75 Å². The average Bonchev–Trinajstić information content (AvgIpc) is 2.30. The highest BCUT2D eigenvalue weighted by atomic mass is 35.7. The zero-order chi connectivity index (χ0) is 12.8. The molecule has 4 heteroatoms. The van der Waals surface area contributed by atoms with E-state index >= 15 is 0 Å². The first kappa shape index (κ1) is 18.1.